The molecular formula is C17H33N2O+. The number of imidazole rings is 1. The van der Waals surface area contributed by atoms with Crippen LogP contribution in [0.2, 0.25) is 0 Å². The maximum absolute atomic E-state index is 5.77. The van der Waals surface area contributed by atoms with Crippen LogP contribution >= 0.6 is 0 Å². The standard InChI is InChI=1S/C17H33N2O/c1-4-6-7-8-9-10-11-12-15-20-16-19-14-13-18(3)17(19)5-2/h13-14H,4-12,15-16H2,1-3H3/q+1. The van der Waals surface area contributed by atoms with Crippen molar-refractivity contribution < 1.29 is 9.30 Å². The van der Waals surface area contributed by atoms with Crippen molar-refractivity contribution in [2.24, 2.45) is 7.05 Å². The van der Waals surface area contributed by atoms with Gasteiger partial charge in [-0.3, -0.25) is 0 Å². The summed E-state index contributed by atoms with van der Waals surface area (Å²) < 4.78 is 10.1. The van der Waals surface area contributed by atoms with Crippen LogP contribution in [0.4, 0.5) is 0 Å². The maximum Gasteiger partial charge on any atom is 0.257 e. The van der Waals surface area contributed by atoms with E-state index in [1.54, 1.807) is 0 Å². The molecule has 1 heterocycles. The van der Waals surface area contributed by atoms with Crippen molar-refractivity contribution in [1.82, 2.24) is 4.57 Å². The van der Waals surface area contributed by atoms with Gasteiger partial charge >= 0.3 is 0 Å². The highest BCUT2D eigenvalue weighted by atomic mass is 16.5. The molecule has 1 aromatic heterocycles. The summed E-state index contributed by atoms with van der Waals surface area (Å²) in [7, 11) is 2.09. The van der Waals surface area contributed by atoms with Gasteiger partial charge in [-0.15, -0.1) is 0 Å². The van der Waals surface area contributed by atoms with E-state index in [4.69, 9.17) is 4.74 Å². The van der Waals surface area contributed by atoms with Gasteiger partial charge in [0.1, 0.15) is 12.4 Å². The van der Waals surface area contributed by atoms with E-state index in [0.29, 0.717) is 6.73 Å². The Bertz CT molecular complexity index is 347. The van der Waals surface area contributed by atoms with Gasteiger partial charge in [-0.05, 0) is 6.42 Å². The third kappa shape index (κ3) is 6.56. The summed E-state index contributed by atoms with van der Waals surface area (Å²) in [5.41, 5.74) is 0. The summed E-state index contributed by atoms with van der Waals surface area (Å²) in [5, 5.41) is 0. The van der Waals surface area contributed by atoms with Crippen LogP contribution in [0.25, 0.3) is 0 Å². The van der Waals surface area contributed by atoms with Gasteiger partial charge in [0.2, 0.25) is 0 Å². The van der Waals surface area contributed by atoms with Gasteiger partial charge in [-0.2, -0.15) is 0 Å². The highest BCUT2D eigenvalue weighted by Gasteiger charge is 2.11. The van der Waals surface area contributed by atoms with Gasteiger partial charge in [0, 0.05) is 6.42 Å². The summed E-state index contributed by atoms with van der Waals surface area (Å²) in [5.74, 6) is 1.32. The zero-order valence-corrected chi connectivity index (χ0v) is 13.7. The first-order valence-electron chi connectivity index (χ1n) is 8.41. The van der Waals surface area contributed by atoms with E-state index < -0.39 is 0 Å². The van der Waals surface area contributed by atoms with Crippen LogP contribution in [0.15, 0.2) is 12.4 Å². The molecule has 1 aromatic rings. The van der Waals surface area contributed by atoms with Crippen LogP contribution in [0.1, 0.15) is 71.0 Å². The molecule has 0 N–H and O–H groups in total. The van der Waals surface area contributed by atoms with E-state index in [0.717, 1.165) is 13.0 Å². The average molecular weight is 281 g/mol. The van der Waals surface area contributed by atoms with Crippen LogP contribution in [-0.2, 0) is 24.9 Å². The molecule has 0 aliphatic rings. The lowest BCUT2D eigenvalue weighted by molar-refractivity contribution is -0.678. The Morgan fingerprint density at radius 2 is 1.65 bits per heavy atom. The van der Waals surface area contributed by atoms with Crippen LogP contribution in [0, 0.1) is 0 Å². The van der Waals surface area contributed by atoms with Gasteiger partial charge in [0.15, 0.2) is 6.73 Å². The van der Waals surface area contributed by atoms with Crippen molar-refractivity contribution in [3.8, 4) is 0 Å². The average Bonchev–Trinajstić information content (AvgIpc) is 2.81. The molecule has 0 unspecified atom stereocenters. The van der Waals surface area contributed by atoms with Crippen molar-refractivity contribution in [2.45, 2.75) is 78.4 Å². The van der Waals surface area contributed by atoms with Gasteiger partial charge in [-0.25, -0.2) is 9.13 Å². The van der Waals surface area contributed by atoms with E-state index in [2.05, 4.69) is 42.4 Å². The van der Waals surface area contributed by atoms with Gasteiger partial charge in [0.05, 0.1) is 13.7 Å². The molecule has 0 fully saturated rings. The quantitative estimate of drug-likeness (QED) is 0.418. The van der Waals surface area contributed by atoms with Gasteiger partial charge in [0.25, 0.3) is 5.82 Å². The molecule has 0 bridgehead atoms. The summed E-state index contributed by atoms with van der Waals surface area (Å²) in [6.07, 6.45) is 16.1. The highest BCUT2D eigenvalue weighted by molar-refractivity contribution is 4.81. The first-order chi connectivity index (χ1) is 9.79. The van der Waals surface area contributed by atoms with Crippen LogP contribution in [-0.4, -0.2) is 11.2 Å². The van der Waals surface area contributed by atoms with Crippen molar-refractivity contribution in [3.05, 3.63) is 18.2 Å². The highest BCUT2D eigenvalue weighted by Crippen LogP contribution is 2.08. The summed E-state index contributed by atoms with van der Waals surface area (Å²) in [6, 6.07) is 0. The molecule has 0 amide bonds. The van der Waals surface area contributed by atoms with Gasteiger partial charge < -0.3 is 4.74 Å². The van der Waals surface area contributed by atoms with Crippen molar-refractivity contribution in [2.75, 3.05) is 6.61 Å². The minimum Gasteiger partial charge on any atom is -0.342 e. The predicted octanol–water partition coefficient (Wildman–Crippen LogP) is 3.99. The monoisotopic (exact) mass is 281 g/mol. The number of aromatic nitrogens is 2. The molecule has 0 radical (unpaired) electrons. The lowest BCUT2D eigenvalue weighted by atomic mass is 10.1. The van der Waals surface area contributed by atoms with Gasteiger partial charge in [-0.1, -0.05) is 58.8 Å². The SMILES string of the molecule is CCCCCCCCCCOCn1cc[n+](C)c1CC. The van der Waals surface area contributed by atoms with E-state index in [9.17, 15) is 0 Å². The number of hydrogen-bond donors (Lipinski definition) is 0. The molecule has 0 aromatic carbocycles. The molecule has 0 aliphatic heterocycles. The number of hydrogen-bond acceptors (Lipinski definition) is 1. The minimum atomic E-state index is 0.695. The van der Waals surface area contributed by atoms with E-state index >= 15 is 0 Å². The second-order valence-corrected chi connectivity index (χ2v) is 5.66. The molecule has 0 saturated carbocycles. The lowest BCUT2D eigenvalue weighted by Crippen LogP contribution is -2.31. The Morgan fingerprint density at radius 3 is 2.30 bits per heavy atom. The zero-order chi connectivity index (χ0) is 14.6. The first-order valence-corrected chi connectivity index (χ1v) is 8.41. The molecule has 0 atom stereocenters. The number of unbranched alkanes of at least 4 members (excludes halogenated alkanes) is 7. The smallest absolute Gasteiger partial charge is 0.257 e. The molecule has 1 rings (SSSR count). The van der Waals surface area contributed by atoms with Crippen LogP contribution < -0.4 is 4.57 Å². The second kappa shape index (κ2) is 10.9. The largest absolute Gasteiger partial charge is 0.342 e. The fourth-order valence-corrected chi connectivity index (χ4v) is 2.63. The normalized spacial score (nSPS) is 11.2. The molecule has 20 heavy (non-hydrogen) atoms. The fraction of sp³-hybridized carbons (Fsp3) is 0.824. The zero-order valence-electron chi connectivity index (χ0n) is 13.7. The third-order valence-corrected chi connectivity index (χ3v) is 3.90. The predicted molar refractivity (Wildman–Crippen MR) is 83.5 cm³/mol. The van der Waals surface area contributed by atoms with Crippen molar-refractivity contribution >= 4 is 0 Å². The molecule has 0 spiro atoms. The first kappa shape index (κ1) is 17.2. The molecular weight excluding hydrogens is 248 g/mol. The van der Waals surface area contributed by atoms with E-state index in [1.807, 2.05) is 0 Å². The number of aryl methyl sites for hydroxylation is 1. The van der Waals surface area contributed by atoms with E-state index in [1.165, 1.54) is 57.2 Å². The Morgan fingerprint density at radius 1 is 1.00 bits per heavy atom. The third-order valence-electron chi connectivity index (χ3n) is 3.90. The fourth-order valence-electron chi connectivity index (χ4n) is 2.63. The Balaban J connectivity index is 1.97. The molecule has 116 valence electrons. The van der Waals surface area contributed by atoms with E-state index in [-0.39, 0.29) is 0 Å². The molecule has 3 nitrogen and oxygen atoms in total. The summed E-state index contributed by atoms with van der Waals surface area (Å²) in [6.45, 7) is 6.04. The molecule has 0 aliphatic carbocycles. The Labute approximate surface area is 125 Å². The van der Waals surface area contributed by atoms with Crippen molar-refractivity contribution in [3.63, 3.8) is 0 Å². The molecule has 0 saturated heterocycles. The Hall–Kier alpha value is -0.830. The number of nitrogens with zero attached hydrogens (tertiary/aromatic N) is 2. The summed E-state index contributed by atoms with van der Waals surface area (Å²) in [4.78, 5) is 0. The topological polar surface area (TPSA) is 18.0 Å². The maximum atomic E-state index is 5.77. The molecule has 3 heteroatoms. The van der Waals surface area contributed by atoms with Crippen molar-refractivity contribution in [1.29, 1.82) is 0 Å². The second-order valence-electron chi connectivity index (χ2n) is 5.66. The van der Waals surface area contributed by atoms with Crippen LogP contribution in [0.3, 0.4) is 0 Å². The van der Waals surface area contributed by atoms with Crippen LogP contribution in [0.5, 0.6) is 0 Å². The number of rotatable bonds is 12. The number of ether oxygens (including phenoxy) is 1. The summed E-state index contributed by atoms with van der Waals surface area (Å²) >= 11 is 0. The Kier molecular flexibility index (Phi) is 9.38. The minimum absolute atomic E-state index is 0.695. The lowest BCUT2D eigenvalue weighted by Gasteiger charge is -2.04.